The van der Waals surface area contributed by atoms with Gasteiger partial charge >= 0.3 is 5.97 Å². The average molecular weight is 242 g/mol. The molecular weight excluding hydrogens is 232 g/mol. The number of nitrogens with zero attached hydrogens (tertiary/aromatic N) is 1. The Morgan fingerprint density at radius 3 is 3.00 bits per heavy atom. The molecule has 5 heteroatoms. The Morgan fingerprint density at radius 1 is 1.44 bits per heavy atom. The molecule has 0 aliphatic carbocycles. The van der Waals surface area contributed by atoms with E-state index in [4.69, 9.17) is 4.74 Å². The van der Waals surface area contributed by atoms with Crippen LogP contribution in [-0.4, -0.2) is 28.2 Å². The number of aromatic carboxylic acids is 1. The SMILES string of the molecule is COc1ccc2ncc3[nH]cc(C(=O)O)c3c2c1. The molecular formula is C13H10N2O3. The van der Waals surface area contributed by atoms with E-state index in [9.17, 15) is 9.90 Å². The van der Waals surface area contributed by atoms with Crippen LogP contribution in [-0.2, 0) is 0 Å². The lowest BCUT2D eigenvalue weighted by Gasteiger charge is -2.03. The highest BCUT2D eigenvalue weighted by Gasteiger charge is 2.14. The smallest absolute Gasteiger partial charge is 0.337 e. The highest BCUT2D eigenvalue weighted by Crippen LogP contribution is 2.29. The lowest BCUT2D eigenvalue weighted by molar-refractivity contribution is 0.0699. The number of aromatic amines is 1. The van der Waals surface area contributed by atoms with Crippen molar-refractivity contribution in [3.05, 3.63) is 36.2 Å². The van der Waals surface area contributed by atoms with Crippen molar-refractivity contribution in [2.45, 2.75) is 0 Å². The number of benzene rings is 1. The van der Waals surface area contributed by atoms with Gasteiger partial charge in [-0.25, -0.2) is 4.79 Å². The first-order chi connectivity index (χ1) is 8.70. The summed E-state index contributed by atoms with van der Waals surface area (Å²) in [5, 5.41) is 10.6. The number of hydrogen-bond donors (Lipinski definition) is 2. The molecule has 3 aromatic rings. The Bertz CT molecular complexity index is 761. The summed E-state index contributed by atoms with van der Waals surface area (Å²) >= 11 is 0. The quantitative estimate of drug-likeness (QED) is 0.723. The highest BCUT2D eigenvalue weighted by molar-refractivity contribution is 6.14. The summed E-state index contributed by atoms with van der Waals surface area (Å²) in [5.41, 5.74) is 1.68. The van der Waals surface area contributed by atoms with Crippen LogP contribution >= 0.6 is 0 Å². The van der Waals surface area contributed by atoms with Crippen LogP contribution in [0.2, 0.25) is 0 Å². The number of hydrogen-bond acceptors (Lipinski definition) is 3. The fourth-order valence-corrected chi connectivity index (χ4v) is 2.09. The molecule has 3 rings (SSSR count). The summed E-state index contributed by atoms with van der Waals surface area (Å²) in [6.07, 6.45) is 3.12. The standard InChI is InChI=1S/C13H10N2O3/c1-18-7-2-3-10-8(4-7)12-9(13(16)17)5-14-11(12)6-15-10/h2-6,14H,1H3,(H,16,17). The summed E-state index contributed by atoms with van der Waals surface area (Å²) in [4.78, 5) is 18.4. The van der Waals surface area contributed by atoms with Gasteiger partial charge in [0, 0.05) is 17.0 Å². The van der Waals surface area contributed by atoms with E-state index in [1.54, 1.807) is 25.4 Å². The van der Waals surface area contributed by atoms with E-state index in [1.807, 2.05) is 6.07 Å². The molecule has 0 saturated heterocycles. The van der Waals surface area contributed by atoms with Gasteiger partial charge in [0.1, 0.15) is 5.75 Å². The van der Waals surface area contributed by atoms with Gasteiger partial charge in [0.15, 0.2) is 0 Å². The van der Waals surface area contributed by atoms with Crippen molar-refractivity contribution < 1.29 is 14.6 Å². The minimum atomic E-state index is -0.962. The first-order valence-corrected chi connectivity index (χ1v) is 5.38. The summed E-state index contributed by atoms with van der Waals surface area (Å²) in [5.74, 6) is -0.286. The molecule has 0 atom stereocenters. The molecule has 0 unspecified atom stereocenters. The van der Waals surface area contributed by atoms with Crippen molar-refractivity contribution in [1.29, 1.82) is 0 Å². The molecule has 1 aromatic carbocycles. The van der Waals surface area contributed by atoms with Crippen molar-refractivity contribution >= 4 is 27.8 Å². The summed E-state index contributed by atoms with van der Waals surface area (Å²) in [6.45, 7) is 0. The zero-order valence-corrected chi connectivity index (χ0v) is 9.60. The van der Waals surface area contributed by atoms with Crippen molar-refractivity contribution in [1.82, 2.24) is 9.97 Å². The third kappa shape index (κ3) is 1.41. The van der Waals surface area contributed by atoms with Crippen LogP contribution in [0.4, 0.5) is 0 Å². The number of nitrogens with one attached hydrogen (secondary N) is 1. The molecule has 5 nitrogen and oxygen atoms in total. The van der Waals surface area contributed by atoms with E-state index in [1.165, 1.54) is 6.20 Å². The monoisotopic (exact) mass is 242 g/mol. The number of fused-ring (bicyclic) bond motifs is 3. The molecule has 2 heterocycles. The van der Waals surface area contributed by atoms with Crippen LogP contribution < -0.4 is 4.74 Å². The molecule has 0 fully saturated rings. The topological polar surface area (TPSA) is 75.2 Å². The molecule has 18 heavy (non-hydrogen) atoms. The number of rotatable bonds is 2. The Labute approximate surface area is 102 Å². The Morgan fingerprint density at radius 2 is 2.28 bits per heavy atom. The number of ether oxygens (including phenoxy) is 1. The fraction of sp³-hybridized carbons (Fsp3) is 0.0769. The van der Waals surface area contributed by atoms with Gasteiger partial charge in [-0.2, -0.15) is 0 Å². The van der Waals surface area contributed by atoms with Gasteiger partial charge in [-0.1, -0.05) is 0 Å². The van der Waals surface area contributed by atoms with Gasteiger partial charge in [0.25, 0.3) is 0 Å². The van der Waals surface area contributed by atoms with Gasteiger partial charge in [-0.15, -0.1) is 0 Å². The molecule has 0 spiro atoms. The van der Waals surface area contributed by atoms with Crippen molar-refractivity contribution in [2.75, 3.05) is 7.11 Å². The van der Waals surface area contributed by atoms with Crippen molar-refractivity contribution in [3.63, 3.8) is 0 Å². The van der Waals surface area contributed by atoms with Crippen LogP contribution in [0, 0.1) is 0 Å². The Kier molecular flexibility index (Phi) is 2.19. The molecule has 0 aliphatic heterocycles. The molecule has 0 amide bonds. The van der Waals surface area contributed by atoms with Gasteiger partial charge in [-0.05, 0) is 18.2 Å². The number of carboxylic acid groups (broad SMARTS) is 1. The first-order valence-electron chi connectivity index (χ1n) is 5.38. The maximum absolute atomic E-state index is 11.2. The van der Waals surface area contributed by atoms with Crippen molar-refractivity contribution in [2.24, 2.45) is 0 Å². The number of methoxy groups -OCH3 is 1. The zero-order valence-electron chi connectivity index (χ0n) is 9.60. The fourth-order valence-electron chi connectivity index (χ4n) is 2.09. The number of carboxylic acids is 1. The number of H-pyrrole nitrogens is 1. The molecule has 0 saturated carbocycles. The Hall–Kier alpha value is -2.56. The van der Waals surface area contributed by atoms with Gasteiger partial charge < -0.3 is 14.8 Å². The van der Waals surface area contributed by atoms with Gasteiger partial charge in [-0.3, -0.25) is 4.98 Å². The van der Waals surface area contributed by atoms with Gasteiger partial charge in [0.2, 0.25) is 0 Å². The van der Waals surface area contributed by atoms with Gasteiger partial charge in [0.05, 0.1) is 29.9 Å². The van der Waals surface area contributed by atoms with E-state index in [-0.39, 0.29) is 5.56 Å². The third-order valence-electron chi connectivity index (χ3n) is 2.95. The van der Waals surface area contributed by atoms with Crippen LogP contribution in [0.3, 0.4) is 0 Å². The average Bonchev–Trinajstić information content (AvgIpc) is 2.82. The van der Waals surface area contributed by atoms with Crippen LogP contribution in [0.5, 0.6) is 5.75 Å². The lowest BCUT2D eigenvalue weighted by atomic mass is 10.1. The number of pyridine rings is 1. The van der Waals surface area contributed by atoms with Crippen LogP contribution in [0.1, 0.15) is 10.4 Å². The molecule has 0 bridgehead atoms. The third-order valence-corrected chi connectivity index (χ3v) is 2.95. The largest absolute Gasteiger partial charge is 0.497 e. The van der Waals surface area contributed by atoms with E-state index in [0.29, 0.717) is 16.7 Å². The maximum Gasteiger partial charge on any atom is 0.337 e. The van der Waals surface area contributed by atoms with Crippen molar-refractivity contribution in [3.8, 4) is 5.75 Å². The second-order valence-corrected chi connectivity index (χ2v) is 3.94. The predicted molar refractivity (Wildman–Crippen MR) is 67.1 cm³/mol. The molecule has 2 N–H and O–H groups in total. The first kappa shape index (κ1) is 10.6. The number of aromatic nitrogens is 2. The van der Waals surface area contributed by atoms with E-state index < -0.39 is 5.97 Å². The summed E-state index contributed by atoms with van der Waals surface area (Å²) in [7, 11) is 1.57. The number of carbonyl (C=O) groups is 1. The second kappa shape index (κ2) is 3.73. The van der Waals surface area contributed by atoms with E-state index in [2.05, 4.69) is 9.97 Å². The molecule has 2 aromatic heterocycles. The zero-order chi connectivity index (χ0) is 12.7. The van der Waals surface area contributed by atoms with Crippen LogP contribution in [0.25, 0.3) is 21.8 Å². The molecule has 0 aliphatic rings. The minimum absolute atomic E-state index is 0.241. The molecule has 0 radical (unpaired) electrons. The lowest BCUT2D eigenvalue weighted by Crippen LogP contribution is -1.94. The second-order valence-electron chi connectivity index (χ2n) is 3.94. The summed E-state index contributed by atoms with van der Waals surface area (Å²) in [6, 6.07) is 5.41. The summed E-state index contributed by atoms with van der Waals surface area (Å²) < 4.78 is 5.16. The maximum atomic E-state index is 11.2. The minimum Gasteiger partial charge on any atom is -0.497 e. The van der Waals surface area contributed by atoms with Crippen LogP contribution in [0.15, 0.2) is 30.6 Å². The highest BCUT2D eigenvalue weighted by atomic mass is 16.5. The Balaban J connectivity index is 2.48. The normalized spacial score (nSPS) is 10.9. The molecule has 90 valence electrons. The van der Waals surface area contributed by atoms with E-state index >= 15 is 0 Å². The predicted octanol–water partition coefficient (Wildman–Crippen LogP) is 2.42. The van der Waals surface area contributed by atoms with E-state index in [0.717, 1.165) is 10.9 Å².